The van der Waals surface area contributed by atoms with E-state index < -0.39 is 0 Å². The lowest BCUT2D eigenvalue weighted by molar-refractivity contribution is 0.0785. The number of hydrogen-bond acceptors (Lipinski definition) is 4. The number of anilines is 1. The highest BCUT2D eigenvalue weighted by Gasteiger charge is 2.13. The third-order valence-electron chi connectivity index (χ3n) is 3.05. The van der Waals surface area contributed by atoms with Crippen molar-refractivity contribution in [1.82, 2.24) is 9.88 Å². The second kappa shape index (κ2) is 6.74. The molecule has 0 fully saturated rings. The fourth-order valence-electron chi connectivity index (χ4n) is 2.03. The van der Waals surface area contributed by atoms with Crippen molar-refractivity contribution in [3.63, 3.8) is 0 Å². The van der Waals surface area contributed by atoms with E-state index >= 15 is 0 Å². The molecule has 2 aromatic rings. The van der Waals surface area contributed by atoms with Crippen molar-refractivity contribution in [3.05, 3.63) is 53.9 Å². The lowest BCUT2D eigenvalue weighted by Crippen LogP contribution is -2.26. The Bertz CT molecular complexity index is 614. The lowest BCUT2D eigenvalue weighted by Gasteiger charge is -2.18. The molecule has 110 valence electrons. The van der Waals surface area contributed by atoms with Gasteiger partial charge in [0.2, 0.25) is 0 Å². The van der Waals surface area contributed by atoms with Gasteiger partial charge in [-0.05, 0) is 36.8 Å². The van der Waals surface area contributed by atoms with E-state index in [0.29, 0.717) is 30.2 Å². The average molecular weight is 285 g/mol. The molecule has 1 amide bonds. The van der Waals surface area contributed by atoms with E-state index in [1.807, 2.05) is 19.1 Å². The quantitative estimate of drug-likeness (QED) is 0.856. The summed E-state index contributed by atoms with van der Waals surface area (Å²) >= 11 is 0. The van der Waals surface area contributed by atoms with Gasteiger partial charge in [0, 0.05) is 31.5 Å². The molecular weight excluding hydrogens is 266 g/mol. The van der Waals surface area contributed by atoms with Crippen LogP contribution >= 0.6 is 0 Å². The minimum absolute atomic E-state index is 0.0893. The minimum atomic E-state index is -0.0893. The van der Waals surface area contributed by atoms with Gasteiger partial charge in [0.15, 0.2) is 0 Å². The molecule has 5 heteroatoms. The molecule has 0 atom stereocenters. The zero-order chi connectivity index (χ0) is 15.2. The molecule has 0 bridgehead atoms. The molecule has 1 heterocycles. The van der Waals surface area contributed by atoms with Crippen LogP contribution in [0.5, 0.6) is 5.75 Å². The maximum atomic E-state index is 12.4. The number of nitrogens with two attached hydrogens (primary N) is 1. The average Bonchev–Trinajstić information content (AvgIpc) is 2.49. The number of hydrogen-bond donors (Lipinski definition) is 1. The number of carbonyl (C=O) groups is 1. The summed E-state index contributed by atoms with van der Waals surface area (Å²) in [5.74, 6) is 0.512. The number of nitrogens with zero attached hydrogens (tertiary/aromatic N) is 2. The molecule has 21 heavy (non-hydrogen) atoms. The fourth-order valence-corrected chi connectivity index (χ4v) is 2.03. The van der Waals surface area contributed by atoms with Gasteiger partial charge in [0.05, 0.1) is 12.3 Å². The van der Waals surface area contributed by atoms with Crippen LogP contribution in [0, 0.1) is 0 Å². The van der Waals surface area contributed by atoms with E-state index in [1.165, 1.54) is 0 Å². The smallest absolute Gasteiger partial charge is 0.253 e. The molecule has 0 saturated heterocycles. The highest BCUT2D eigenvalue weighted by molar-refractivity contribution is 5.95. The van der Waals surface area contributed by atoms with Crippen molar-refractivity contribution in [2.75, 3.05) is 19.4 Å². The van der Waals surface area contributed by atoms with Gasteiger partial charge in [-0.2, -0.15) is 0 Å². The zero-order valence-electron chi connectivity index (χ0n) is 12.2. The van der Waals surface area contributed by atoms with Crippen LogP contribution in [0.1, 0.15) is 22.8 Å². The van der Waals surface area contributed by atoms with Gasteiger partial charge < -0.3 is 15.4 Å². The molecule has 0 radical (unpaired) electrons. The predicted molar refractivity (Wildman–Crippen MR) is 82.1 cm³/mol. The Balaban J connectivity index is 2.10. The first-order valence-corrected chi connectivity index (χ1v) is 6.78. The fraction of sp³-hybridized carbons (Fsp3) is 0.250. The van der Waals surface area contributed by atoms with Gasteiger partial charge in [-0.3, -0.25) is 9.78 Å². The largest absolute Gasteiger partial charge is 0.492 e. The van der Waals surface area contributed by atoms with Crippen molar-refractivity contribution in [2.45, 2.75) is 13.5 Å². The number of carbonyl (C=O) groups excluding carboxylic acids is 1. The van der Waals surface area contributed by atoms with Gasteiger partial charge >= 0.3 is 0 Å². The molecule has 0 saturated carbocycles. The summed E-state index contributed by atoms with van der Waals surface area (Å²) in [6.45, 7) is 2.93. The van der Waals surface area contributed by atoms with Gasteiger partial charge in [0.1, 0.15) is 5.75 Å². The van der Waals surface area contributed by atoms with E-state index in [1.54, 1.807) is 42.5 Å². The number of rotatable bonds is 5. The standard InChI is InChI=1S/C16H19N3O2/c1-3-21-15-7-6-13(9-14(15)17)16(20)19(2)11-12-5-4-8-18-10-12/h4-10H,3,11,17H2,1-2H3. The molecule has 0 spiro atoms. The van der Waals surface area contributed by atoms with Crippen molar-refractivity contribution in [1.29, 1.82) is 0 Å². The van der Waals surface area contributed by atoms with Crippen LogP contribution in [0.3, 0.4) is 0 Å². The Morgan fingerprint density at radius 2 is 2.19 bits per heavy atom. The van der Waals surface area contributed by atoms with E-state index in [2.05, 4.69) is 4.98 Å². The van der Waals surface area contributed by atoms with Crippen molar-refractivity contribution in [3.8, 4) is 5.75 Å². The van der Waals surface area contributed by atoms with E-state index in [0.717, 1.165) is 5.56 Å². The highest BCUT2D eigenvalue weighted by atomic mass is 16.5. The van der Waals surface area contributed by atoms with Crippen molar-refractivity contribution in [2.24, 2.45) is 0 Å². The monoisotopic (exact) mass is 285 g/mol. The minimum Gasteiger partial charge on any atom is -0.492 e. The molecule has 2 rings (SSSR count). The molecule has 1 aromatic carbocycles. The number of benzene rings is 1. The van der Waals surface area contributed by atoms with Crippen molar-refractivity contribution < 1.29 is 9.53 Å². The van der Waals surface area contributed by atoms with Crippen LogP contribution in [-0.2, 0) is 6.54 Å². The number of nitrogen functional groups attached to an aromatic ring is 1. The van der Waals surface area contributed by atoms with Crippen molar-refractivity contribution >= 4 is 11.6 Å². The molecule has 5 nitrogen and oxygen atoms in total. The Labute approximate surface area is 124 Å². The number of aromatic nitrogens is 1. The lowest BCUT2D eigenvalue weighted by atomic mass is 10.1. The zero-order valence-corrected chi connectivity index (χ0v) is 12.2. The summed E-state index contributed by atoms with van der Waals surface area (Å²) in [6, 6.07) is 8.88. The summed E-state index contributed by atoms with van der Waals surface area (Å²) in [6.07, 6.45) is 3.45. The van der Waals surface area contributed by atoms with Gasteiger partial charge in [-0.15, -0.1) is 0 Å². The second-order valence-corrected chi connectivity index (χ2v) is 4.71. The summed E-state index contributed by atoms with van der Waals surface area (Å²) in [5, 5.41) is 0. The molecule has 1 aromatic heterocycles. The Kier molecular flexibility index (Phi) is 4.77. The first-order chi connectivity index (χ1) is 10.1. The predicted octanol–water partition coefficient (Wildman–Crippen LogP) is 2.33. The number of ether oxygens (including phenoxy) is 1. The molecular formula is C16H19N3O2. The van der Waals surface area contributed by atoms with Crippen LogP contribution in [0.25, 0.3) is 0 Å². The third kappa shape index (κ3) is 3.72. The Hall–Kier alpha value is -2.56. The molecule has 0 aliphatic rings. The van der Waals surface area contributed by atoms with E-state index in [4.69, 9.17) is 10.5 Å². The number of amides is 1. The van der Waals surface area contributed by atoms with Crippen LogP contribution in [0.15, 0.2) is 42.7 Å². The number of pyridine rings is 1. The van der Waals surface area contributed by atoms with Crippen LogP contribution < -0.4 is 10.5 Å². The summed E-state index contributed by atoms with van der Waals surface area (Å²) in [4.78, 5) is 18.1. The van der Waals surface area contributed by atoms with E-state index in [9.17, 15) is 4.79 Å². The third-order valence-corrected chi connectivity index (χ3v) is 3.05. The maximum absolute atomic E-state index is 12.4. The first kappa shape index (κ1) is 14.8. The molecule has 2 N–H and O–H groups in total. The van der Waals surface area contributed by atoms with Crippen LogP contribution in [0.4, 0.5) is 5.69 Å². The van der Waals surface area contributed by atoms with Crippen LogP contribution in [0.2, 0.25) is 0 Å². The Morgan fingerprint density at radius 1 is 1.38 bits per heavy atom. The van der Waals surface area contributed by atoms with Gasteiger partial charge in [0.25, 0.3) is 5.91 Å². The highest BCUT2D eigenvalue weighted by Crippen LogP contribution is 2.23. The molecule has 0 aliphatic carbocycles. The first-order valence-electron chi connectivity index (χ1n) is 6.78. The summed E-state index contributed by atoms with van der Waals surface area (Å²) in [7, 11) is 1.75. The normalized spacial score (nSPS) is 10.2. The Morgan fingerprint density at radius 3 is 2.81 bits per heavy atom. The molecule has 0 aliphatic heterocycles. The van der Waals surface area contributed by atoms with E-state index in [-0.39, 0.29) is 5.91 Å². The summed E-state index contributed by atoms with van der Waals surface area (Å²) in [5.41, 5.74) is 7.88. The second-order valence-electron chi connectivity index (χ2n) is 4.71. The van der Waals surface area contributed by atoms with Gasteiger partial charge in [-0.25, -0.2) is 0 Å². The maximum Gasteiger partial charge on any atom is 0.253 e. The molecule has 0 unspecified atom stereocenters. The summed E-state index contributed by atoms with van der Waals surface area (Å²) < 4.78 is 5.37. The topological polar surface area (TPSA) is 68.5 Å². The van der Waals surface area contributed by atoms with Gasteiger partial charge in [-0.1, -0.05) is 6.07 Å². The van der Waals surface area contributed by atoms with Crippen LogP contribution in [-0.4, -0.2) is 29.4 Å². The SMILES string of the molecule is CCOc1ccc(C(=O)N(C)Cc2cccnc2)cc1N.